The van der Waals surface area contributed by atoms with Gasteiger partial charge in [-0.15, -0.1) is 0 Å². The average molecular weight is 448 g/mol. The summed E-state index contributed by atoms with van der Waals surface area (Å²) in [5, 5.41) is 2.70. The van der Waals surface area contributed by atoms with Crippen LogP contribution in [-0.2, 0) is 27.2 Å². The van der Waals surface area contributed by atoms with E-state index in [1.54, 1.807) is 36.5 Å². The van der Waals surface area contributed by atoms with E-state index in [1.807, 2.05) is 36.4 Å². The predicted molar refractivity (Wildman–Crippen MR) is 123 cm³/mol. The van der Waals surface area contributed by atoms with Gasteiger partial charge in [-0.2, -0.15) is 0 Å². The Bertz CT molecular complexity index is 1140. The van der Waals surface area contributed by atoms with Crippen LogP contribution in [0.4, 0.5) is 4.39 Å². The first-order valence-electron chi connectivity index (χ1n) is 10.9. The zero-order chi connectivity index (χ0) is 23.3. The molecule has 2 amide bonds. The highest BCUT2D eigenvalue weighted by Gasteiger charge is 2.44. The van der Waals surface area contributed by atoms with Crippen molar-refractivity contribution >= 4 is 11.8 Å². The van der Waals surface area contributed by atoms with Gasteiger partial charge in [0.2, 0.25) is 5.91 Å². The third-order valence-corrected chi connectivity index (χ3v) is 5.85. The van der Waals surface area contributed by atoms with Crippen LogP contribution in [0.1, 0.15) is 11.1 Å². The number of carbonyl (C=O) groups excluding carboxylic acids is 2. The summed E-state index contributed by atoms with van der Waals surface area (Å²) < 4.78 is 19.6. The molecule has 1 atom stereocenters. The number of nitrogens with zero attached hydrogens (tertiary/aromatic N) is 2. The predicted octanol–water partition coefficient (Wildman–Crippen LogP) is 3.02. The molecule has 0 saturated carbocycles. The minimum Gasteiger partial charge on any atom is -0.361 e. The summed E-state index contributed by atoms with van der Waals surface area (Å²) in [6, 6.07) is 17.8. The molecule has 6 nitrogen and oxygen atoms in total. The highest BCUT2D eigenvalue weighted by Crippen LogP contribution is 2.27. The van der Waals surface area contributed by atoms with Crippen molar-refractivity contribution in [1.29, 1.82) is 0 Å². The molecule has 1 fully saturated rings. The second kappa shape index (κ2) is 9.92. The third-order valence-electron chi connectivity index (χ3n) is 5.85. The van der Waals surface area contributed by atoms with Gasteiger partial charge in [0.15, 0.2) is 5.60 Å². The van der Waals surface area contributed by atoms with Crippen molar-refractivity contribution in [3.8, 4) is 11.1 Å². The quantitative estimate of drug-likeness (QED) is 0.631. The number of halogens is 1. The van der Waals surface area contributed by atoms with E-state index in [1.165, 1.54) is 12.1 Å². The molecule has 1 N–H and O–H groups in total. The summed E-state index contributed by atoms with van der Waals surface area (Å²) in [5.41, 5.74) is 2.35. The standard InChI is InChI=1S/C26H26FN3O3/c1-28-25(32)26(17-20-5-2-6-22(14-20)21-8-10-29-11-9-21)18-30(12-13-33-26)24(31)16-19-4-3-7-23(27)15-19/h2-11,14-15H,12-13,16-18H2,1H3,(H,28,32)/t26-/m0/s1. The second-order valence-electron chi connectivity index (χ2n) is 8.16. The van der Waals surface area contributed by atoms with E-state index in [0.717, 1.165) is 16.7 Å². The lowest BCUT2D eigenvalue weighted by molar-refractivity contribution is -0.165. The van der Waals surface area contributed by atoms with Crippen LogP contribution in [0.5, 0.6) is 0 Å². The number of nitrogens with one attached hydrogen (secondary N) is 1. The number of morpholine rings is 1. The summed E-state index contributed by atoms with van der Waals surface area (Å²) in [5.74, 6) is -0.821. The molecule has 1 aliphatic heterocycles. The van der Waals surface area contributed by atoms with Crippen LogP contribution in [0, 0.1) is 5.82 Å². The van der Waals surface area contributed by atoms with E-state index in [4.69, 9.17) is 4.74 Å². The molecular formula is C26H26FN3O3. The Hall–Kier alpha value is -3.58. The minimum atomic E-state index is -1.21. The molecule has 170 valence electrons. The van der Waals surface area contributed by atoms with Crippen molar-refractivity contribution in [2.75, 3.05) is 26.7 Å². The van der Waals surface area contributed by atoms with Gasteiger partial charge in [-0.25, -0.2) is 4.39 Å². The van der Waals surface area contributed by atoms with Crippen LogP contribution < -0.4 is 5.32 Å². The number of pyridine rings is 1. The fourth-order valence-corrected chi connectivity index (χ4v) is 4.22. The molecule has 1 saturated heterocycles. The molecule has 2 heterocycles. The Morgan fingerprint density at radius 1 is 1.06 bits per heavy atom. The van der Waals surface area contributed by atoms with Gasteiger partial charge in [0.05, 0.1) is 19.6 Å². The fourth-order valence-electron chi connectivity index (χ4n) is 4.22. The number of amides is 2. The van der Waals surface area contributed by atoms with Gasteiger partial charge in [-0.05, 0) is 46.5 Å². The lowest BCUT2D eigenvalue weighted by Crippen LogP contribution is -2.61. The Balaban J connectivity index is 1.56. The summed E-state index contributed by atoms with van der Waals surface area (Å²) in [7, 11) is 1.56. The molecule has 0 radical (unpaired) electrons. The maximum Gasteiger partial charge on any atom is 0.254 e. The topological polar surface area (TPSA) is 71.5 Å². The SMILES string of the molecule is CNC(=O)[C@]1(Cc2cccc(-c3ccncc3)c2)CN(C(=O)Cc2cccc(F)c2)CCO1. The van der Waals surface area contributed by atoms with Gasteiger partial charge in [0.1, 0.15) is 5.82 Å². The van der Waals surface area contributed by atoms with Crippen LogP contribution in [0.2, 0.25) is 0 Å². The lowest BCUT2D eigenvalue weighted by atomic mass is 9.89. The maximum atomic E-state index is 13.5. The smallest absolute Gasteiger partial charge is 0.254 e. The van der Waals surface area contributed by atoms with E-state index in [0.29, 0.717) is 18.5 Å². The van der Waals surface area contributed by atoms with Crippen LogP contribution in [0.25, 0.3) is 11.1 Å². The van der Waals surface area contributed by atoms with Crippen molar-refractivity contribution in [2.45, 2.75) is 18.4 Å². The maximum absolute atomic E-state index is 13.5. The minimum absolute atomic E-state index is 0.0686. The zero-order valence-corrected chi connectivity index (χ0v) is 18.5. The van der Waals surface area contributed by atoms with E-state index < -0.39 is 5.60 Å². The second-order valence-corrected chi connectivity index (χ2v) is 8.16. The van der Waals surface area contributed by atoms with Gasteiger partial charge in [-0.1, -0.05) is 36.4 Å². The van der Waals surface area contributed by atoms with Crippen LogP contribution in [0.15, 0.2) is 73.1 Å². The number of benzene rings is 2. The molecule has 33 heavy (non-hydrogen) atoms. The first kappa shape index (κ1) is 22.6. The van der Waals surface area contributed by atoms with E-state index >= 15 is 0 Å². The average Bonchev–Trinajstić information content (AvgIpc) is 2.84. The van der Waals surface area contributed by atoms with Crippen LogP contribution in [-0.4, -0.2) is 54.0 Å². The largest absolute Gasteiger partial charge is 0.361 e. The summed E-state index contributed by atoms with van der Waals surface area (Å²) in [6.45, 7) is 0.747. The number of hydrogen-bond donors (Lipinski definition) is 1. The molecule has 0 bridgehead atoms. The Morgan fingerprint density at radius 3 is 2.58 bits per heavy atom. The van der Waals surface area contributed by atoms with Gasteiger partial charge < -0.3 is 15.0 Å². The van der Waals surface area contributed by atoms with E-state index in [9.17, 15) is 14.0 Å². The number of rotatable bonds is 6. The summed E-state index contributed by atoms with van der Waals surface area (Å²) in [4.78, 5) is 31.7. The monoisotopic (exact) mass is 447 g/mol. The van der Waals surface area contributed by atoms with Crippen LogP contribution in [0.3, 0.4) is 0 Å². The highest BCUT2D eigenvalue weighted by atomic mass is 19.1. The molecular weight excluding hydrogens is 421 g/mol. The van der Waals surface area contributed by atoms with Gasteiger partial charge in [0, 0.05) is 32.4 Å². The number of carbonyl (C=O) groups is 2. The van der Waals surface area contributed by atoms with Crippen molar-refractivity contribution in [2.24, 2.45) is 0 Å². The van der Waals surface area contributed by atoms with Crippen molar-refractivity contribution < 1.29 is 18.7 Å². The Morgan fingerprint density at radius 2 is 1.82 bits per heavy atom. The molecule has 0 unspecified atom stereocenters. The number of aromatic nitrogens is 1. The van der Waals surface area contributed by atoms with Crippen LogP contribution >= 0.6 is 0 Å². The molecule has 4 rings (SSSR count). The van der Waals surface area contributed by atoms with E-state index in [-0.39, 0.29) is 37.2 Å². The van der Waals surface area contributed by atoms with Crippen molar-refractivity contribution in [3.63, 3.8) is 0 Å². The number of hydrogen-bond acceptors (Lipinski definition) is 4. The molecule has 2 aromatic carbocycles. The molecule has 0 spiro atoms. The summed E-state index contributed by atoms with van der Waals surface area (Å²) >= 11 is 0. The third kappa shape index (κ3) is 5.26. The Kier molecular flexibility index (Phi) is 6.79. The van der Waals surface area contributed by atoms with Gasteiger partial charge >= 0.3 is 0 Å². The molecule has 1 aliphatic rings. The number of likely N-dealkylation sites (N-methyl/N-ethyl adjacent to an activating group) is 1. The zero-order valence-electron chi connectivity index (χ0n) is 18.5. The first-order valence-corrected chi connectivity index (χ1v) is 10.9. The fraction of sp³-hybridized carbons (Fsp3) is 0.269. The summed E-state index contributed by atoms with van der Waals surface area (Å²) in [6.07, 6.45) is 3.86. The Labute approximate surface area is 192 Å². The van der Waals surface area contributed by atoms with Crippen molar-refractivity contribution in [1.82, 2.24) is 15.2 Å². The molecule has 0 aliphatic carbocycles. The van der Waals surface area contributed by atoms with Gasteiger partial charge in [-0.3, -0.25) is 14.6 Å². The van der Waals surface area contributed by atoms with Crippen molar-refractivity contribution in [3.05, 3.63) is 90.0 Å². The normalized spacial score (nSPS) is 18.1. The van der Waals surface area contributed by atoms with Gasteiger partial charge in [0.25, 0.3) is 5.91 Å². The molecule has 1 aromatic heterocycles. The highest BCUT2D eigenvalue weighted by molar-refractivity contribution is 5.87. The molecule has 3 aromatic rings. The first-order chi connectivity index (χ1) is 16.0. The molecule has 7 heteroatoms. The lowest BCUT2D eigenvalue weighted by Gasteiger charge is -2.41. The van der Waals surface area contributed by atoms with E-state index in [2.05, 4.69) is 10.3 Å². The number of ether oxygens (including phenoxy) is 1.